The summed E-state index contributed by atoms with van der Waals surface area (Å²) in [7, 11) is -1.55. The van der Waals surface area contributed by atoms with Crippen molar-refractivity contribution in [2.45, 2.75) is 26.2 Å². The zero-order valence-electron chi connectivity index (χ0n) is 16.1. The molecule has 0 aliphatic heterocycles. The molecule has 1 aromatic heterocycles. The van der Waals surface area contributed by atoms with Gasteiger partial charge in [-0.25, -0.2) is 0 Å². The standard InChI is InChI=1S/C22H21ClN2O2Si/c1-28(2,3)14-13-18-11-7-8-12-19(18)27-21-22(26)25(16-20(23)24-21)15-17-9-5-4-6-10-17/h4-12,16H,15H2,1-3H3. The number of nitrogens with zero attached hydrogens (tertiary/aromatic N) is 2. The Kier molecular flexibility index (Phi) is 6.03. The van der Waals surface area contributed by atoms with Crippen LogP contribution in [-0.4, -0.2) is 17.6 Å². The Morgan fingerprint density at radius 2 is 1.75 bits per heavy atom. The second kappa shape index (κ2) is 8.47. The van der Waals surface area contributed by atoms with Crippen molar-refractivity contribution in [1.82, 2.24) is 9.55 Å². The Balaban J connectivity index is 1.96. The first kappa shape index (κ1) is 19.9. The molecule has 4 nitrogen and oxygen atoms in total. The number of aromatic nitrogens is 2. The fraction of sp³-hybridized carbons (Fsp3) is 0.182. The quantitative estimate of drug-likeness (QED) is 0.452. The second-order valence-electron chi connectivity index (χ2n) is 7.39. The average Bonchev–Trinajstić information content (AvgIpc) is 2.65. The van der Waals surface area contributed by atoms with Crippen LogP contribution in [0, 0.1) is 11.5 Å². The zero-order valence-corrected chi connectivity index (χ0v) is 17.8. The van der Waals surface area contributed by atoms with Crippen LogP contribution in [0.25, 0.3) is 0 Å². The highest BCUT2D eigenvalue weighted by atomic mass is 35.5. The molecule has 6 heteroatoms. The molecule has 0 fully saturated rings. The highest BCUT2D eigenvalue weighted by Crippen LogP contribution is 2.22. The third-order valence-corrected chi connectivity index (χ3v) is 4.83. The molecule has 0 aliphatic rings. The Morgan fingerprint density at radius 1 is 1.07 bits per heavy atom. The van der Waals surface area contributed by atoms with Crippen LogP contribution in [0.5, 0.6) is 11.6 Å². The van der Waals surface area contributed by atoms with Gasteiger partial charge in [0, 0.05) is 6.20 Å². The van der Waals surface area contributed by atoms with Gasteiger partial charge in [-0.2, -0.15) is 4.98 Å². The van der Waals surface area contributed by atoms with Gasteiger partial charge in [0.2, 0.25) is 0 Å². The van der Waals surface area contributed by atoms with E-state index < -0.39 is 8.07 Å². The predicted molar refractivity (Wildman–Crippen MR) is 116 cm³/mol. The summed E-state index contributed by atoms with van der Waals surface area (Å²) in [5, 5.41) is 0.191. The van der Waals surface area contributed by atoms with Gasteiger partial charge in [-0.1, -0.05) is 79.6 Å². The van der Waals surface area contributed by atoms with E-state index in [-0.39, 0.29) is 16.6 Å². The van der Waals surface area contributed by atoms with Crippen LogP contribution in [0.1, 0.15) is 11.1 Å². The molecule has 3 rings (SSSR count). The number of ether oxygens (including phenoxy) is 1. The zero-order chi connectivity index (χ0) is 20.1. The summed E-state index contributed by atoms with van der Waals surface area (Å²) >= 11 is 6.14. The van der Waals surface area contributed by atoms with Gasteiger partial charge in [0.1, 0.15) is 19.0 Å². The molecule has 3 aromatic rings. The van der Waals surface area contributed by atoms with Crippen molar-refractivity contribution >= 4 is 19.7 Å². The number of hydrogen-bond acceptors (Lipinski definition) is 3. The van der Waals surface area contributed by atoms with Gasteiger partial charge in [-0.15, -0.1) is 5.54 Å². The van der Waals surface area contributed by atoms with Crippen LogP contribution in [0.4, 0.5) is 0 Å². The lowest BCUT2D eigenvalue weighted by atomic mass is 10.2. The van der Waals surface area contributed by atoms with Gasteiger partial charge in [0.05, 0.1) is 12.1 Å². The van der Waals surface area contributed by atoms with E-state index in [0.29, 0.717) is 12.3 Å². The molecule has 1 heterocycles. The molecular weight excluding hydrogens is 388 g/mol. The van der Waals surface area contributed by atoms with E-state index in [1.54, 1.807) is 6.07 Å². The molecule has 0 saturated heterocycles. The number of rotatable bonds is 4. The first-order chi connectivity index (χ1) is 13.3. The molecule has 0 N–H and O–H groups in total. The molecule has 0 amide bonds. The molecule has 0 saturated carbocycles. The SMILES string of the molecule is C[Si](C)(C)C#Cc1ccccc1Oc1nc(Cl)cn(Cc2ccccc2)c1=O. The van der Waals surface area contributed by atoms with Crippen LogP contribution in [0.3, 0.4) is 0 Å². The van der Waals surface area contributed by atoms with Crippen molar-refractivity contribution in [3.05, 3.63) is 87.4 Å². The van der Waals surface area contributed by atoms with E-state index in [0.717, 1.165) is 11.1 Å². The number of para-hydroxylation sites is 1. The molecule has 0 atom stereocenters. The largest absolute Gasteiger partial charge is 0.433 e. The van der Waals surface area contributed by atoms with E-state index in [2.05, 4.69) is 36.1 Å². The molecule has 0 unspecified atom stereocenters. The third-order valence-electron chi connectivity index (χ3n) is 3.78. The van der Waals surface area contributed by atoms with Crippen molar-refractivity contribution in [3.8, 4) is 23.1 Å². The summed E-state index contributed by atoms with van der Waals surface area (Å²) in [5.41, 5.74) is 4.68. The minimum atomic E-state index is -1.55. The number of halogens is 1. The van der Waals surface area contributed by atoms with Crippen LogP contribution < -0.4 is 10.3 Å². The van der Waals surface area contributed by atoms with Crippen molar-refractivity contribution < 1.29 is 4.74 Å². The highest BCUT2D eigenvalue weighted by molar-refractivity contribution is 6.83. The van der Waals surface area contributed by atoms with Crippen LogP contribution in [-0.2, 0) is 6.54 Å². The Morgan fingerprint density at radius 3 is 2.46 bits per heavy atom. The fourth-order valence-corrected chi connectivity index (χ4v) is 3.17. The van der Waals surface area contributed by atoms with Gasteiger partial charge in [0.25, 0.3) is 5.88 Å². The maximum atomic E-state index is 12.8. The van der Waals surface area contributed by atoms with E-state index in [1.165, 1.54) is 10.8 Å². The van der Waals surface area contributed by atoms with Gasteiger partial charge < -0.3 is 9.30 Å². The third kappa shape index (κ3) is 5.35. The van der Waals surface area contributed by atoms with E-state index in [4.69, 9.17) is 16.3 Å². The summed E-state index contributed by atoms with van der Waals surface area (Å²) in [6.07, 6.45) is 1.51. The lowest BCUT2D eigenvalue weighted by Gasteiger charge is -2.11. The van der Waals surface area contributed by atoms with Crippen molar-refractivity contribution in [2.75, 3.05) is 0 Å². The van der Waals surface area contributed by atoms with Gasteiger partial charge >= 0.3 is 5.56 Å². The molecule has 142 valence electrons. The first-order valence-electron chi connectivity index (χ1n) is 8.93. The maximum absolute atomic E-state index is 12.8. The second-order valence-corrected chi connectivity index (χ2v) is 12.5. The van der Waals surface area contributed by atoms with Crippen LogP contribution in [0.2, 0.25) is 24.8 Å². The summed E-state index contributed by atoms with van der Waals surface area (Å²) in [6, 6.07) is 17.0. The average molecular weight is 409 g/mol. The van der Waals surface area contributed by atoms with Gasteiger partial charge in [-0.3, -0.25) is 4.79 Å². The first-order valence-corrected chi connectivity index (χ1v) is 12.8. The normalized spacial score (nSPS) is 10.9. The van der Waals surface area contributed by atoms with E-state index in [1.807, 2.05) is 48.5 Å². The highest BCUT2D eigenvalue weighted by Gasteiger charge is 2.13. The van der Waals surface area contributed by atoms with Crippen molar-refractivity contribution in [3.63, 3.8) is 0 Å². The van der Waals surface area contributed by atoms with Crippen molar-refractivity contribution in [2.24, 2.45) is 0 Å². The minimum absolute atomic E-state index is 0.0642. The topological polar surface area (TPSA) is 44.1 Å². The molecule has 0 spiro atoms. The fourth-order valence-electron chi connectivity index (χ4n) is 2.47. The molecule has 0 aliphatic carbocycles. The molecule has 28 heavy (non-hydrogen) atoms. The number of benzene rings is 2. The monoisotopic (exact) mass is 408 g/mol. The van der Waals surface area contributed by atoms with Crippen LogP contribution in [0.15, 0.2) is 65.6 Å². The van der Waals surface area contributed by atoms with Crippen molar-refractivity contribution in [1.29, 1.82) is 0 Å². The lowest BCUT2D eigenvalue weighted by Crippen LogP contribution is -2.22. The Hall–Kier alpha value is -2.81. The van der Waals surface area contributed by atoms with Gasteiger partial charge in [0.15, 0.2) is 0 Å². The molecule has 0 radical (unpaired) electrons. The van der Waals surface area contributed by atoms with Gasteiger partial charge in [-0.05, 0) is 17.7 Å². The number of hydrogen-bond donors (Lipinski definition) is 0. The molecule has 0 bridgehead atoms. The van der Waals surface area contributed by atoms with E-state index >= 15 is 0 Å². The minimum Gasteiger partial charge on any atom is -0.433 e. The summed E-state index contributed by atoms with van der Waals surface area (Å²) < 4.78 is 7.35. The lowest BCUT2D eigenvalue weighted by molar-refractivity contribution is 0.445. The summed E-state index contributed by atoms with van der Waals surface area (Å²) in [6.45, 7) is 6.90. The summed E-state index contributed by atoms with van der Waals surface area (Å²) in [5.74, 6) is 3.61. The maximum Gasteiger partial charge on any atom is 0.314 e. The Labute approximate surface area is 170 Å². The smallest absolute Gasteiger partial charge is 0.314 e. The molecular formula is C22H21ClN2O2Si. The predicted octanol–water partition coefficient (Wildman–Crippen LogP) is 4.97. The van der Waals surface area contributed by atoms with Crippen LogP contribution >= 0.6 is 11.6 Å². The van der Waals surface area contributed by atoms with E-state index in [9.17, 15) is 4.79 Å². The Bertz CT molecular complexity index is 1090. The summed E-state index contributed by atoms with van der Waals surface area (Å²) in [4.78, 5) is 16.9. The molecule has 2 aromatic carbocycles.